The number of aryl methyl sites for hydroxylation is 1. The van der Waals surface area contributed by atoms with Crippen molar-refractivity contribution in [1.82, 2.24) is 4.98 Å². The number of carbonyl (C=O) groups is 1. The Balaban J connectivity index is 1.82. The number of nitrogens with one attached hydrogen (secondary N) is 1. The van der Waals surface area contributed by atoms with Gasteiger partial charge in [0, 0.05) is 11.3 Å². The first-order chi connectivity index (χ1) is 10.6. The zero-order chi connectivity index (χ0) is 15.5. The minimum Gasteiger partial charge on any atom is -0.321 e. The molecule has 110 valence electrons. The summed E-state index contributed by atoms with van der Waals surface area (Å²) in [5.41, 5.74) is 4.12. The lowest BCUT2D eigenvalue weighted by Crippen LogP contribution is -2.11. The molecule has 4 heteroatoms. The van der Waals surface area contributed by atoms with Crippen molar-refractivity contribution in [3.05, 3.63) is 70.7 Å². The van der Waals surface area contributed by atoms with Crippen LogP contribution in [0.15, 0.2) is 54.7 Å². The third-order valence-electron chi connectivity index (χ3n) is 3.60. The summed E-state index contributed by atoms with van der Waals surface area (Å²) in [5.74, 6) is -0.117. The Morgan fingerprint density at radius 3 is 2.59 bits per heavy atom. The van der Waals surface area contributed by atoms with E-state index in [4.69, 9.17) is 0 Å². The maximum absolute atomic E-state index is 12.4. The average molecular weight is 308 g/mol. The van der Waals surface area contributed by atoms with Gasteiger partial charge in [-0.3, -0.25) is 4.79 Å². The highest BCUT2D eigenvalue weighted by Gasteiger charge is 2.13. The van der Waals surface area contributed by atoms with Crippen LogP contribution >= 0.6 is 11.3 Å². The Hall–Kier alpha value is -2.46. The molecular weight excluding hydrogens is 292 g/mol. The van der Waals surface area contributed by atoms with Crippen LogP contribution in [0.4, 0.5) is 5.69 Å². The molecule has 1 N–H and O–H groups in total. The zero-order valence-electron chi connectivity index (χ0n) is 12.5. The van der Waals surface area contributed by atoms with E-state index in [-0.39, 0.29) is 5.91 Å². The summed E-state index contributed by atoms with van der Waals surface area (Å²) in [5, 5.41) is 3.82. The summed E-state index contributed by atoms with van der Waals surface area (Å²) >= 11 is 1.40. The van der Waals surface area contributed by atoms with Crippen molar-refractivity contribution in [3.63, 3.8) is 0 Å². The van der Waals surface area contributed by atoms with Crippen molar-refractivity contribution in [1.29, 1.82) is 0 Å². The van der Waals surface area contributed by atoms with Crippen molar-refractivity contribution in [3.8, 4) is 10.6 Å². The van der Waals surface area contributed by atoms with Gasteiger partial charge >= 0.3 is 0 Å². The number of carbonyl (C=O) groups excluding carboxylic acids is 1. The Morgan fingerprint density at radius 1 is 1.05 bits per heavy atom. The lowest BCUT2D eigenvalue weighted by Gasteiger charge is -2.09. The van der Waals surface area contributed by atoms with Crippen LogP contribution in [0, 0.1) is 13.8 Å². The highest BCUT2D eigenvalue weighted by Crippen LogP contribution is 2.26. The number of aromatic nitrogens is 1. The second-order valence-corrected chi connectivity index (χ2v) is 6.13. The summed E-state index contributed by atoms with van der Waals surface area (Å²) in [6.07, 6.45) is 1.63. The molecule has 0 radical (unpaired) electrons. The largest absolute Gasteiger partial charge is 0.321 e. The third kappa shape index (κ3) is 2.92. The van der Waals surface area contributed by atoms with E-state index in [9.17, 15) is 4.79 Å². The fraction of sp³-hybridized carbons (Fsp3) is 0.111. The monoisotopic (exact) mass is 308 g/mol. The topological polar surface area (TPSA) is 42.0 Å². The Bertz CT molecular complexity index is 809. The van der Waals surface area contributed by atoms with Crippen LogP contribution in [-0.4, -0.2) is 10.9 Å². The van der Waals surface area contributed by atoms with Crippen LogP contribution in [0.25, 0.3) is 10.6 Å². The Labute approximate surface area is 133 Å². The molecule has 0 aliphatic carbocycles. The Morgan fingerprint density at radius 2 is 1.82 bits per heavy atom. The molecule has 0 aliphatic rings. The van der Waals surface area contributed by atoms with Gasteiger partial charge in [0.25, 0.3) is 5.91 Å². The molecular formula is C18H16N2OS. The lowest BCUT2D eigenvalue weighted by atomic mass is 10.1. The number of nitrogens with zero attached hydrogens (tertiary/aromatic N) is 1. The molecule has 0 saturated heterocycles. The maximum atomic E-state index is 12.4. The van der Waals surface area contributed by atoms with E-state index >= 15 is 0 Å². The van der Waals surface area contributed by atoms with E-state index in [0.29, 0.717) is 4.88 Å². The van der Waals surface area contributed by atoms with Gasteiger partial charge < -0.3 is 5.32 Å². The van der Waals surface area contributed by atoms with Crippen LogP contribution in [0.3, 0.4) is 0 Å². The fourth-order valence-corrected chi connectivity index (χ4v) is 2.98. The average Bonchev–Trinajstić information content (AvgIpc) is 3.03. The van der Waals surface area contributed by atoms with E-state index < -0.39 is 0 Å². The lowest BCUT2D eigenvalue weighted by molar-refractivity contribution is 0.103. The number of hydrogen-bond donors (Lipinski definition) is 1. The van der Waals surface area contributed by atoms with Crippen molar-refractivity contribution in [2.24, 2.45) is 0 Å². The normalized spacial score (nSPS) is 10.5. The third-order valence-corrected chi connectivity index (χ3v) is 4.65. The maximum Gasteiger partial charge on any atom is 0.267 e. The van der Waals surface area contributed by atoms with E-state index in [1.807, 2.05) is 62.4 Å². The van der Waals surface area contributed by atoms with Crippen molar-refractivity contribution in [2.45, 2.75) is 13.8 Å². The number of amides is 1. The van der Waals surface area contributed by atoms with E-state index in [1.165, 1.54) is 11.3 Å². The van der Waals surface area contributed by atoms with Gasteiger partial charge in [0.1, 0.15) is 9.88 Å². The van der Waals surface area contributed by atoms with Gasteiger partial charge in [-0.15, -0.1) is 11.3 Å². The molecule has 0 bridgehead atoms. The molecule has 0 fully saturated rings. The van der Waals surface area contributed by atoms with Gasteiger partial charge in [-0.2, -0.15) is 0 Å². The van der Waals surface area contributed by atoms with Crippen molar-refractivity contribution in [2.75, 3.05) is 5.32 Å². The summed E-state index contributed by atoms with van der Waals surface area (Å²) in [6, 6.07) is 15.8. The predicted octanol–water partition coefficient (Wildman–Crippen LogP) is 4.68. The molecule has 3 aromatic rings. The van der Waals surface area contributed by atoms with Crippen LogP contribution in [0.5, 0.6) is 0 Å². The Kier molecular flexibility index (Phi) is 4.02. The van der Waals surface area contributed by atoms with Gasteiger partial charge in [0.15, 0.2) is 0 Å². The molecule has 0 aliphatic heterocycles. The number of rotatable bonds is 3. The van der Waals surface area contributed by atoms with Crippen LogP contribution in [-0.2, 0) is 0 Å². The van der Waals surface area contributed by atoms with Gasteiger partial charge in [0.05, 0.1) is 6.20 Å². The van der Waals surface area contributed by atoms with E-state index in [1.54, 1.807) is 6.20 Å². The predicted molar refractivity (Wildman–Crippen MR) is 91.4 cm³/mol. The minimum atomic E-state index is -0.117. The van der Waals surface area contributed by atoms with Crippen molar-refractivity contribution >= 4 is 22.9 Å². The van der Waals surface area contributed by atoms with E-state index in [0.717, 1.165) is 27.4 Å². The molecule has 1 heterocycles. The first kappa shape index (κ1) is 14.5. The quantitative estimate of drug-likeness (QED) is 0.763. The second-order valence-electron chi connectivity index (χ2n) is 5.10. The smallest absolute Gasteiger partial charge is 0.267 e. The molecule has 22 heavy (non-hydrogen) atoms. The summed E-state index contributed by atoms with van der Waals surface area (Å²) in [7, 11) is 0. The fourth-order valence-electron chi connectivity index (χ4n) is 2.16. The standard InChI is InChI=1S/C18H16N2OS/c1-12-7-6-10-15(13(12)2)20-17(21)16-11-19-18(22-16)14-8-4-3-5-9-14/h3-11H,1-2H3,(H,20,21). The first-order valence-electron chi connectivity index (χ1n) is 7.04. The zero-order valence-corrected chi connectivity index (χ0v) is 13.3. The molecule has 0 spiro atoms. The van der Waals surface area contributed by atoms with Crippen LogP contribution in [0.2, 0.25) is 0 Å². The summed E-state index contributed by atoms with van der Waals surface area (Å²) < 4.78 is 0. The second kappa shape index (κ2) is 6.12. The number of benzene rings is 2. The molecule has 3 rings (SSSR count). The van der Waals surface area contributed by atoms with E-state index in [2.05, 4.69) is 10.3 Å². The van der Waals surface area contributed by atoms with Gasteiger partial charge in [-0.25, -0.2) is 4.98 Å². The number of anilines is 1. The molecule has 1 amide bonds. The summed E-state index contributed by atoms with van der Waals surface area (Å²) in [4.78, 5) is 17.3. The first-order valence-corrected chi connectivity index (χ1v) is 7.85. The molecule has 1 aromatic heterocycles. The van der Waals surface area contributed by atoms with Gasteiger partial charge in [-0.05, 0) is 31.0 Å². The molecule has 2 aromatic carbocycles. The number of thiazole rings is 1. The highest BCUT2D eigenvalue weighted by molar-refractivity contribution is 7.17. The van der Waals surface area contributed by atoms with Crippen LogP contribution in [0.1, 0.15) is 20.8 Å². The highest BCUT2D eigenvalue weighted by atomic mass is 32.1. The molecule has 0 atom stereocenters. The molecule has 0 unspecified atom stereocenters. The SMILES string of the molecule is Cc1cccc(NC(=O)c2cnc(-c3ccccc3)s2)c1C. The van der Waals surface area contributed by atoms with Crippen molar-refractivity contribution < 1.29 is 4.79 Å². The van der Waals surface area contributed by atoms with Gasteiger partial charge in [0.2, 0.25) is 0 Å². The minimum absolute atomic E-state index is 0.117. The molecule has 0 saturated carbocycles. The summed E-state index contributed by atoms with van der Waals surface area (Å²) in [6.45, 7) is 4.04. The van der Waals surface area contributed by atoms with Gasteiger partial charge in [-0.1, -0.05) is 42.5 Å². The molecule has 3 nitrogen and oxygen atoms in total. The number of hydrogen-bond acceptors (Lipinski definition) is 3. The van der Waals surface area contributed by atoms with Crippen LogP contribution < -0.4 is 5.32 Å².